The Kier molecular flexibility index (Phi) is 4.81. The number of benzene rings is 1. The fraction of sp³-hybridized carbons (Fsp3) is 0.308. The lowest BCUT2D eigenvalue weighted by atomic mass is 10.2. The second-order valence-electron chi connectivity index (χ2n) is 4.37. The average Bonchev–Trinajstić information content (AvgIpc) is 2.97. The van der Waals surface area contributed by atoms with E-state index in [4.69, 9.17) is 9.47 Å². The van der Waals surface area contributed by atoms with Gasteiger partial charge >= 0.3 is 0 Å². The number of aromatic amines is 1. The molecule has 0 unspecified atom stereocenters. The van der Waals surface area contributed by atoms with Crippen LogP contribution in [-0.2, 0) is 14.8 Å². The highest BCUT2D eigenvalue weighted by molar-refractivity contribution is 7.92. The summed E-state index contributed by atoms with van der Waals surface area (Å²) in [7, 11) is -2.14. The standard InChI is InChI=1S/C13H17N3O4S/c1-10-3-4-11(12(9-10)20-8-7-19-2)16-21(17,18)13-5-6-14-15-13/h3-6,9,16H,7-8H2,1-2H3,(H,14,15). The van der Waals surface area contributed by atoms with Crippen LogP contribution in [0.25, 0.3) is 0 Å². The number of nitrogens with one attached hydrogen (secondary N) is 2. The Hall–Kier alpha value is -2.06. The van der Waals surface area contributed by atoms with Gasteiger partial charge in [-0.15, -0.1) is 0 Å². The average molecular weight is 311 g/mol. The first-order valence-corrected chi connectivity index (χ1v) is 7.76. The Balaban J connectivity index is 2.23. The molecule has 0 atom stereocenters. The van der Waals surface area contributed by atoms with Crippen LogP contribution >= 0.6 is 0 Å². The third kappa shape index (κ3) is 3.96. The number of ether oxygens (including phenoxy) is 2. The summed E-state index contributed by atoms with van der Waals surface area (Å²) in [5.74, 6) is 0.454. The molecule has 114 valence electrons. The molecular formula is C13H17N3O4S. The molecule has 2 aromatic rings. The number of aromatic nitrogens is 2. The molecule has 2 rings (SSSR count). The maximum atomic E-state index is 12.2. The van der Waals surface area contributed by atoms with E-state index < -0.39 is 10.0 Å². The van der Waals surface area contributed by atoms with Crippen molar-refractivity contribution in [1.82, 2.24) is 10.2 Å². The number of aryl methyl sites for hydroxylation is 1. The van der Waals surface area contributed by atoms with Crippen LogP contribution in [0.15, 0.2) is 35.5 Å². The zero-order valence-electron chi connectivity index (χ0n) is 11.8. The highest BCUT2D eigenvalue weighted by Crippen LogP contribution is 2.27. The van der Waals surface area contributed by atoms with Gasteiger partial charge in [-0.1, -0.05) is 6.07 Å². The van der Waals surface area contributed by atoms with E-state index in [1.54, 1.807) is 25.3 Å². The Bertz CT molecular complexity index is 683. The quantitative estimate of drug-likeness (QED) is 0.757. The lowest BCUT2D eigenvalue weighted by Gasteiger charge is -2.13. The first-order valence-electron chi connectivity index (χ1n) is 6.27. The molecule has 0 spiro atoms. The van der Waals surface area contributed by atoms with Crippen LogP contribution in [0.2, 0.25) is 0 Å². The lowest BCUT2D eigenvalue weighted by Crippen LogP contribution is -2.15. The van der Waals surface area contributed by atoms with E-state index in [1.807, 2.05) is 6.92 Å². The third-order valence-electron chi connectivity index (χ3n) is 2.69. The van der Waals surface area contributed by atoms with E-state index in [1.165, 1.54) is 12.3 Å². The molecule has 0 aliphatic rings. The molecule has 0 bridgehead atoms. The molecule has 1 heterocycles. The van der Waals surface area contributed by atoms with E-state index in [0.29, 0.717) is 24.7 Å². The molecule has 0 aliphatic carbocycles. The second kappa shape index (κ2) is 6.59. The smallest absolute Gasteiger partial charge is 0.278 e. The van der Waals surface area contributed by atoms with Crippen LogP contribution in [0.4, 0.5) is 5.69 Å². The summed E-state index contributed by atoms with van der Waals surface area (Å²) in [4.78, 5) is 0. The molecule has 0 aliphatic heterocycles. The van der Waals surface area contributed by atoms with Gasteiger partial charge in [-0.05, 0) is 30.7 Å². The van der Waals surface area contributed by atoms with E-state index in [9.17, 15) is 8.42 Å². The van der Waals surface area contributed by atoms with Gasteiger partial charge in [-0.2, -0.15) is 13.5 Å². The molecule has 21 heavy (non-hydrogen) atoms. The molecule has 8 heteroatoms. The van der Waals surface area contributed by atoms with E-state index in [0.717, 1.165) is 5.56 Å². The molecule has 1 aromatic carbocycles. The minimum Gasteiger partial charge on any atom is -0.489 e. The fourth-order valence-electron chi connectivity index (χ4n) is 1.66. The van der Waals surface area contributed by atoms with Crippen molar-refractivity contribution in [3.05, 3.63) is 36.0 Å². The number of hydrogen-bond acceptors (Lipinski definition) is 5. The largest absolute Gasteiger partial charge is 0.489 e. The van der Waals surface area contributed by atoms with Crippen LogP contribution in [0.3, 0.4) is 0 Å². The minimum absolute atomic E-state index is 0.00841. The molecule has 2 N–H and O–H groups in total. The van der Waals surface area contributed by atoms with Crippen molar-refractivity contribution in [2.45, 2.75) is 11.9 Å². The monoisotopic (exact) mass is 311 g/mol. The van der Waals surface area contributed by atoms with Crippen LogP contribution in [0, 0.1) is 6.92 Å². The minimum atomic E-state index is -3.72. The summed E-state index contributed by atoms with van der Waals surface area (Å²) in [6, 6.07) is 6.60. The Labute approximate surface area is 123 Å². The van der Waals surface area contributed by atoms with Crippen molar-refractivity contribution < 1.29 is 17.9 Å². The van der Waals surface area contributed by atoms with Crippen molar-refractivity contribution in [3.63, 3.8) is 0 Å². The summed E-state index contributed by atoms with van der Waals surface area (Å²) < 4.78 is 37.3. The Morgan fingerprint density at radius 1 is 1.29 bits per heavy atom. The number of sulfonamides is 1. The predicted molar refractivity (Wildman–Crippen MR) is 77.9 cm³/mol. The summed E-state index contributed by atoms with van der Waals surface area (Å²) in [6.07, 6.45) is 1.37. The summed E-state index contributed by atoms with van der Waals surface area (Å²) in [5.41, 5.74) is 1.33. The molecular weight excluding hydrogens is 294 g/mol. The van der Waals surface area contributed by atoms with Gasteiger partial charge < -0.3 is 9.47 Å². The predicted octanol–water partition coefficient (Wildman–Crippen LogP) is 1.54. The third-order valence-corrected chi connectivity index (χ3v) is 3.99. The highest BCUT2D eigenvalue weighted by atomic mass is 32.2. The summed E-state index contributed by atoms with van der Waals surface area (Å²) in [5, 5.41) is 6.05. The van der Waals surface area contributed by atoms with Gasteiger partial charge in [-0.3, -0.25) is 9.82 Å². The molecule has 0 amide bonds. The number of anilines is 1. The van der Waals surface area contributed by atoms with Crippen LogP contribution in [0.1, 0.15) is 5.56 Å². The van der Waals surface area contributed by atoms with Gasteiger partial charge in [0.05, 0.1) is 18.5 Å². The number of nitrogens with zero attached hydrogens (tertiary/aromatic N) is 1. The molecule has 0 saturated heterocycles. The Morgan fingerprint density at radius 2 is 2.10 bits per heavy atom. The highest BCUT2D eigenvalue weighted by Gasteiger charge is 2.17. The summed E-state index contributed by atoms with van der Waals surface area (Å²) in [6.45, 7) is 2.65. The van der Waals surface area contributed by atoms with Crippen LogP contribution in [0.5, 0.6) is 5.75 Å². The van der Waals surface area contributed by atoms with Crippen LogP contribution < -0.4 is 9.46 Å². The number of H-pyrrole nitrogens is 1. The fourth-order valence-corrected chi connectivity index (χ4v) is 2.64. The van der Waals surface area contributed by atoms with Crippen molar-refractivity contribution in [2.75, 3.05) is 25.0 Å². The second-order valence-corrected chi connectivity index (χ2v) is 6.02. The number of methoxy groups -OCH3 is 1. The Morgan fingerprint density at radius 3 is 2.76 bits per heavy atom. The normalized spacial score (nSPS) is 11.3. The maximum Gasteiger partial charge on any atom is 0.278 e. The van der Waals surface area contributed by atoms with Gasteiger partial charge in [0.1, 0.15) is 12.4 Å². The maximum absolute atomic E-state index is 12.2. The lowest BCUT2D eigenvalue weighted by molar-refractivity contribution is 0.146. The SMILES string of the molecule is COCCOc1cc(C)ccc1NS(=O)(=O)c1ccn[nH]1. The van der Waals surface area contributed by atoms with Gasteiger partial charge in [0.15, 0.2) is 5.03 Å². The molecule has 7 nitrogen and oxygen atoms in total. The van der Waals surface area contributed by atoms with E-state index >= 15 is 0 Å². The molecule has 0 fully saturated rings. The van der Waals surface area contributed by atoms with Gasteiger partial charge in [0, 0.05) is 7.11 Å². The first kappa shape index (κ1) is 15.3. The number of rotatable bonds is 7. The van der Waals surface area contributed by atoms with E-state index in [2.05, 4.69) is 14.9 Å². The van der Waals surface area contributed by atoms with Crippen molar-refractivity contribution in [3.8, 4) is 5.75 Å². The van der Waals surface area contributed by atoms with Crippen molar-refractivity contribution in [1.29, 1.82) is 0 Å². The topological polar surface area (TPSA) is 93.3 Å². The van der Waals surface area contributed by atoms with E-state index in [-0.39, 0.29) is 5.03 Å². The van der Waals surface area contributed by atoms with Gasteiger partial charge in [-0.25, -0.2) is 0 Å². The summed E-state index contributed by atoms with van der Waals surface area (Å²) >= 11 is 0. The van der Waals surface area contributed by atoms with Crippen LogP contribution in [-0.4, -0.2) is 38.9 Å². The van der Waals surface area contributed by atoms with Crippen molar-refractivity contribution in [2.24, 2.45) is 0 Å². The van der Waals surface area contributed by atoms with Gasteiger partial charge in [0.2, 0.25) is 0 Å². The molecule has 0 radical (unpaired) electrons. The van der Waals surface area contributed by atoms with Crippen molar-refractivity contribution >= 4 is 15.7 Å². The molecule has 0 saturated carbocycles. The molecule has 1 aromatic heterocycles. The zero-order valence-corrected chi connectivity index (χ0v) is 12.6. The number of hydrogen-bond donors (Lipinski definition) is 2. The first-order chi connectivity index (χ1) is 10.0. The zero-order chi connectivity index (χ0) is 15.3. The van der Waals surface area contributed by atoms with Gasteiger partial charge in [0.25, 0.3) is 10.0 Å².